The van der Waals surface area contributed by atoms with Gasteiger partial charge in [0.25, 0.3) is 5.56 Å². The van der Waals surface area contributed by atoms with Crippen LogP contribution in [-0.4, -0.2) is 13.9 Å². The minimum absolute atomic E-state index is 0.101. The molecule has 0 unspecified atom stereocenters. The Labute approximate surface area is 195 Å². The van der Waals surface area contributed by atoms with Gasteiger partial charge in [0, 0.05) is 23.5 Å². The Kier molecular flexibility index (Phi) is 5.66. The van der Waals surface area contributed by atoms with Crippen molar-refractivity contribution in [1.29, 1.82) is 0 Å². The van der Waals surface area contributed by atoms with E-state index in [9.17, 15) is 4.79 Å². The van der Waals surface area contributed by atoms with Gasteiger partial charge in [-0.25, -0.2) is 9.67 Å². The van der Waals surface area contributed by atoms with E-state index in [0.717, 1.165) is 45.3 Å². The lowest BCUT2D eigenvalue weighted by Gasteiger charge is -2.16. The van der Waals surface area contributed by atoms with Crippen LogP contribution in [0, 0.1) is 6.92 Å². The van der Waals surface area contributed by atoms with E-state index in [0.29, 0.717) is 11.7 Å². The molecule has 2 aromatic heterocycles. The fraction of sp³-hybridized carbons (Fsp3) is 0.280. The first kappa shape index (κ1) is 21.0. The molecule has 0 N–H and O–H groups in total. The summed E-state index contributed by atoms with van der Waals surface area (Å²) < 4.78 is 5.89. The number of halogens is 1. The van der Waals surface area contributed by atoms with Crippen molar-refractivity contribution in [3.8, 4) is 16.9 Å². The van der Waals surface area contributed by atoms with Crippen LogP contribution in [0.2, 0.25) is 5.02 Å². The van der Waals surface area contributed by atoms with E-state index >= 15 is 0 Å². The van der Waals surface area contributed by atoms with Gasteiger partial charge in [-0.1, -0.05) is 54.8 Å². The molecule has 0 aliphatic heterocycles. The van der Waals surface area contributed by atoms with Gasteiger partial charge in [-0.15, -0.1) is 11.3 Å². The minimum atomic E-state index is -0.101. The van der Waals surface area contributed by atoms with Crippen LogP contribution in [-0.2, 0) is 7.05 Å². The average Bonchev–Trinajstić information content (AvgIpc) is 3.51. The Balaban J connectivity index is 1.70. The van der Waals surface area contributed by atoms with Crippen LogP contribution >= 0.6 is 22.9 Å². The Morgan fingerprint density at radius 1 is 1.03 bits per heavy atom. The van der Waals surface area contributed by atoms with Crippen molar-refractivity contribution in [2.45, 2.75) is 38.6 Å². The van der Waals surface area contributed by atoms with Crippen LogP contribution < -0.4 is 10.4 Å². The summed E-state index contributed by atoms with van der Waals surface area (Å²) in [5.74, 6) is 0. The number of hydrogen-bond donors (Lipinski definition) is 0. The smallest absolute Gasteiger partial charge is 0.297 e. The van der Waals surface area contributed by atoms with Crippen LogP contribution in [0.1, 0.15) is 37.4 Å². The molecule has 0 spiro atoms. The molecule has 5 rings (SSSR count). The monoisotopic (exact) mass is 464 g/mol. The van der Waals surface area contributed by atoms with Crippen LogP contribution in [0.4, 0.5) is 5.69 Å². The third-order valence-corrected chi connectivity index (χ3v) is 7.39. The Morgan fingerprint density at radius 3 is 2.41 bits per heavy atom. The van der Waals surface area contributed by atoms with Crippen LogP contribution in [0.25, 0.3) is 16.9 Å². The van der Waals surface area contributed by atoms with Crippen molar-refractivity contribution in [3.05, 3.63) is 85.8 Å². The SMILES string of the molecule is Cc1c(N=c2scc(-c3ccc(Cl)cc3)n2C2CCCC2)c(=O)n(-c2ccccc2)n1C. The molecule has 1 fully saturated rings. The van der Waals surface area contributed by atoms with Crippen molar-refractivity contribution in [2.75, 3.05) is 0 Å². The maximum atomic E-state index is 13.4. The standard InChI is InChI=1S/C25H25ClN4OS/c1-17-23(24(31)30(28(17)2)21-10-4-3-5-11-21)27-25-29(20-8-6-7-9-20)22(16-32-25)18-12-14-19(26)15-13-18/h3-5,10-16,20H,6-9H2,1-2H3. The summed E-state index contributed by atoms with van der Waals surface area (Å²) >= 11 is 7.71. The van der Waals surface area contributed by atoms with E-state index in [1.165, 1.54) is 12.8 Å². The highest BCUT2D eigenvalue weighted by atomic mass is 35.5. The maximum absolute atomic E-state index is 13.4. The summed E-state index contributed by atoms with van der Waals surface area (Å²) in [4.78, 5) is 19.2. The van der Waals surface area contributed by atoms with Crippen molar-refractivity contribution in [3.63, 3.8) is 0 Å². The fourth-order valence-corrected chi connectivity index (χ4v) is 5.62. The lowest BCUT2D eigenvalue weighted by molar-refractivity contribution is 0.512. The van der Waals surface area contributed by atoms with Crippen LogP contribution in [0.3, 0.4) is 0 Å². The molecule has 32 heavy (non-hydrogen) atoms. The largest absolute Gasteiger partial charge is 0.313 e. The normalized spacial score (nSPS) is 15.0. The topological polar surface area (TPSA) is 44.2 Å². The maximum Gasteiger partial charge on any atom is 0.297 e. The van der Waals surface area contributed by atoms with E-state index in [1.54, 1.807) is 16.0 Å². The number of para-hydroxylation sites is 1. The van der Waals surface area contributed by atoms with Gasteiger partial charge in [0.2, 0.25) is 0 Å². The predicted octanol–water partition coefficient (Wildman–Crippen LogP) is 6.02. The predicted molar refractivity (Wildman–Crippen MR) is 131 cm³/mol. The Morgan fingerprint density at radius 2 is 1.72 bits per heavy atom. The third-order valence-electron chi connectivity index (χ3n) is 6.30. The summed E-state index contributed by atoms with van der Waals surface area (Å²) in [5.41, 5.74) is 4.32. The first-order valence-electron chi connectivity index (χ1n) is 10.9. The lowest BCUT2D eigenvalue weighted by atomic mass is 10.1. The number of thiazole rings is 1. The molecule has 2 heterocycles. The van der Waals surface area contributed by atoms with E-state index in [4.69, 9.17) is 16.6 Å². The number of hydrogen-bond acceptors (Lipinski definition) is 3. The second-order valence-corrected chi connectivity index (χ2v) is 9.51. The van der Waals surface area contributed by atoms with E-state index in [-0.39, 0.29) is 5.56 Å². The highest BCUT2D eigenvalue weighted by Gasteiger charge is 2.23. The molecule has 1 aliphatic carbocycles. The summed E-state index contributed by atoms with van der Waals surface area (Å²) in [6.07, 6.45) is 4.70. The number of aromatic nitrogens is 3. The zero-order valence-corrected chi connectivity index (χ0v) is 19.7. The van der Waals surface area contributed by atoms with E-state index < -0.39 is 0 Å². The second kappa shape index (κ2) is 8.60. The number of rotatable bonds is 4. The summed E-state index contributed by atoms with van der Waals surface area (Å²) in [7, 11) is 1.90. The van der Waals surface area contributed by atoms with Gasteiger partial charge in [0.05, 0.1) is 17.1 Å². The molecule has 1 aliphatic rings. The molecule has 5 nitrogen and oxygen atoms in total. The molecule has 1 saturated carbocycles. The average molecular weight is 465 g/mol. The summed E-state index contributed by atoms with van der Waals surface area (Å²) in [5, 5.41) is 2.87. The molecule has 0 bridgehead atoms. The summed E-state index contributed by atoms with van der Waals surface area (Å²) in [6.45, 7) is 1.95. The van der Waals surface area contributed by atoms with Gasteiger partial charge >= 0.3 is 0 Å². The molecule has 0 saturated heterocycles. The van der Waals surface area contributed by atoms with Crippen LogP contribution in [0.15, 0.2) is 69.8 Å². The highest BCUT2D eigenvalue weighted by Crippen LogP contribution is 2.34. The molecule has 4 aromatic rings. The van der Waals surface area contributed by atoms with Gasteiger partial charge in [-0.3, -0.25) is 9.48 Å². The van der Waals surface area contributed by atoms with Gasteiger partial charge < -0.3 is 4.57 Å². The minimum Gasteiger partial charge on any atom is -0.313 e. The highest BCUT2D eigenvalue weighted by molar-refractivity contribution is 7.07. The van der Waals surface area contributed by atoms with Gasteiger partial charge in [-0.05, 0) is 49.6 Å². The Hall–Kier alpha value is -2.83. The molecule has 7 heteroatoms. The quantitative estimate of drug-likeness (QED) is 0.364. The van der Waals surface area contributed by atoms with E-state index in [2.05, 4.69) is 22.1 Å². The molecular weight excluding hydrogens is 440 g/mol. The van der Waals surface area contributed by atoms with Crippen LogP contribution in [0.5, 0.6) is 0 Å². The number of benzene rings is 2. The van der Waals surface area contributed by atoms with E-state index in [1.807, 2.05) is 61.1 Å². The van der Waals surface area contributed by atoms with Crippen molar-refractivity contribution >= 4 is 28.6 Å². The van der Waals surface area contributed by atoms with Gasteiger partial charge in [0.15, 0.2) is 10.5 Å². The second-order valence-electron chi connectivity index (χ2n) is 8.24. The molecule has 164 valence electrons. The molecule has 2 aromatic carbocycles. The van der Waals surface area contributed by atoms with Gasteiger partial charge in [-0.2, -0.15) is 0 Å². The number of nitrogens with zero attached hydrogens (tertiary/aromatic N) is 4. The van der Waals surface area contributed by atoms with Gasteiger partial charge in [0.1, 0.15) is 0 Å². The summed E-state index contributed by atoms with van der Waals surface area (Å²) in [6, 6.07) is 18.0. The Bertz CT molecular complexity index is 1370. The fourth-order valence-electron chi connectivity index (χ4n) is 4.53. The third kappa shape index (κ3) is 3.67. The van der Waals surface area contributed by atoms with Crippen molar-refractivity contribution in [1.82, 2.24) is 13.9 Å². The first-order chi connectivity index (χ1) is 15.5. The molecule has 0 amide bonds. The first-order valence-corrected chi connectivity index (χ1v) is 12.1. The molecular formula is C25H25ClN4OS. The van der Waals surface area contributed by atoms with Crippen molar-refractivity contribution < 1.29 is 0 Å². The lowest BCUT2D eigenvalue weighted by Crippen LogP contribution is -2.21. The van der Waals surface area contributed by atoms with Crippen molar-refractivity contribution in [2.24, 2.45) is 12.0 Å². The zero-order valence-electron chi connectivity index (χ0n) is 18.2. The molecule has 0 radical (unpaired) electrons. The zero-order chi connectivity index (χ0) is 22.2. The molecule has 0 atom stereocenters.